The fourth-order valence-corrected chi connectivity index (χ4v) is 0.929. The topological polar surface area (TPSA) is 88.4 Å². The van der Waals surface area contributed by atoms with Crippen LogP contribution < -0.4 is 4.89 Å². The molecule has 0 radical (unpaired) electrons. The Morgan fingerprint density at radius 3 is 2.41 bits per heavy atom. The van der Waals surface area contributed by atoms with Crippen molar-refractivity contribution in [3.8, 4) is 11.5 Å². The van der Waals surface area contributed by atoms with Gasteiger partial charge in [-0.25, -0.2) is 4.81 Å². The number of aromatic hydroxyl groups is 1. The van der Waals surface area contributed by atoms with Crippen LogP contribution in [0.4, 0.5) is 13.2 Å². The average Bonchev–Trinajstić information content (AvgIpc) is 2.25. The third-order valence-corrected chi connectivity index (χ3v) is 1.61. The second kappa shape index (κ2) is 5.23. The Hall–Kier alpha value is -1.49. The van der Waals surface area contributed by atoms with E-state index in [0.29, 0.717) is 6.07 Å². The normalized spacial score (nSPS) is 11.4. The lowest BCUT2D eigenvalue weighted by molar-refractivity contribution is -0.229. The van der Waals surface area contributed by atoms with Gasteiger partial charge in [-0.2, -0.15) is 18.0 Å². The number of benzene rings is 1. The summed E-state index contributed by atoms with van der Waals surface area (Å²) in [6.45, 7) is 0. The molecule has 0 saturated heterocycles. The molecule has 1 aromatic carbocycles. The zero-order chi connectivity index (χ0) is 13.1. The molecule has 0 aliphatic rings. The van der Waals surface area contributed by atoms with E-state index in [1.165, 1.54) is 0 Å². The van der Waals surface area contributed by atoms with Crippen molar-refractivity contribution in [2.75, 3.05) is 0 Å². The van der Waals surface area contributed by atoms with Crippen molar-refractivity contribution in [2.45, 2.75) is 6.18 Å². The molecule has 0 unspecified atom stereocenters. The maximum Gasteiger partial charge on any atom is 0.703 e. The number of rotatable bonds is 4. The van der Waals surface area contributed by atoms with E-state index >= 15 is 0 Å². The van der Waals surface area contributed by atoms with Gasteiger partial charge in [0, 0.05) is 0 Å². The highest BCUT2D eigenvalue weighted by atomic mass is 19.4. The minimum atomic E-state index is -4.77. The van der Waals surface area contributed by atoms with Gasteiger partial charge in [-0.15, -0.1) is 0 Å². The van der Waals surface area contributed by atoms with Crippen molar-refractivity contribution < 1.29 is 43.1 Å². The van der Waals surface area contributed by atoms with Gasteiger partial charge in [0.15, 0.2) is 5.75 Å². The van der Waals surface area contributed by atoms with Crippen molar-refractivity contribution in [2.24, 2.45) is 0 Å². The molecule has 0 aliphatic carbocycles. The quantitative estimate of drug-likeness (QED) is 0.425. The summed E-state index contributed by atoms with van der Waals surface area (Å²) in [7, 11) is -2.22. The first-order chi connectivity index (χ1) is 7.86. The van der Waals surface area contributed by atoms with Crippen molar-refractivity contribution >= 4 is 7.32 Å². The highest BCUT2D eigenvalue weighted by Crippen LogP contribution is 2.40. The first-order valence-corrected chi connectivity index (χ1v) is 4.07. The lowest BCUT2D eigenvalue weighted by Crippen LogP contribution is -2.22. The van der Waals surface area contributed by atoms with E-state index in [2.05, 4.69) is 14.5 Å². The first kappa shape index (κ1) is 13.6. The predicted octanol–water partition coefficient (Wildman–Crippen LogP) is 1.19. The fraction of sp³-hybridized carbons (Fsp3) is 0.143. The first-order valence-electron chi connectivity index (χ1n) is 4.07. The second-order valence-corrected chi connectivity index (χ2v) is 2.74. The van der Waals surface area contributed by atoms with E-state index in [9.17, 15) is 18.3 Å². The lowest BCUT2D eigenvalue weighted by Gasteiger charge is -2.12. The Labute approximate surface area is 92.8 Å². The van der Waals surface area contributed by atoms with Gasteiger partial charge in [-0.1, -0.05) is 6.07 Å². The molecular weight excluding hydrogens is 248 g/mol. The Morgan fingerprint density at radius 1 is 1.24 bits per heavy atom. The van der Waals surface area contributed by atoms with Gasteiger partial charge in [0.25, 0.3) is 0 Å². The summed E-state index contributed by atoms with van der Waals surface area (Å²) in [6.07, 6.45) is -4.77. The Kier molecular flexibility index (Phi) is 4.18. The Bertz CT molecular complexity index is 384. The molecule has 0 fully saturated rings. The molecule has 17 heavy (non-hydrogen) atoms. The van der Waals surface area contributed by atoms with Gasteiger partial charge in [0.2, 0.25) is 5.75 Å². The van der Waals surface area contributed by atoms with Crippen LogP contribution in [0.2, 0.25) is 0 Å². The van der Waals surface area contributed by atoms with E-state index < -0.39 is 30.6 Å². The summed E-state index contributed by atoms with van der Waals surface area (Å²) in [5, 5.41) is 25.6. The van der Waals surface area contributed by atoms with Gasteiger partial charge >= 0.3 is 13.5 Å². The maximum absolute atomic E-state index is 12.3. The molecular formula is C7H6BF3O6. The fourth-order valence-electron chi connectivity index (χ4n) is 0.929. The van der Waals surface area contributed by atoms with Gasteiger partial charge in [-0.05, 0) is 12.1 Å². The molecule has 0 aliphatic heterocycles. The van der Waals surface area contributed by atoms with E-state index in [4.69, 9.17) is 10.3 Å². The highest BCUT2D eigenvalue weighted by molar-refractivity contribution is 6.33. The standard InChI is InChI=1S/C7H6BF3O6/c9-7(10,11)4-2-1-3-5(6(4)12)15-17-8(13)16-14/h1-3,12-14H. The van der Waals surface area contributed by atoms with E-state index in [1.807, 2.05) is 0 Å². The average molecular weight is 254 g/mol. The number of halogens is 3. The Morgan fingerprint density at radius 2 is 1.88 bits per heavy atom. The summed E-state index contributed by atoms with van der Waals surface area (Å²) in [4.78, 5) is 11.2. The van der Waals surface area contributed by atoms with Crippen molar-refractivity contribution in [1.29, 1.82) is 0 Å². The molecule has 1 rings (SSSR count). The van der Waals surface area contributed by atoms with Gasteiger partial charge < -0.3 is 15.0 Å². The van der Waals surface area contributed by atoms with Crippen molar-refractivity contribution in [3.63, 3.8) is 0 Å². The smallest absolute Gasteiger partial charge is 0.504 e. The molecule has 0 spiro atoms. The van der Waals surface area contributed by atoms with E-state index in [-0.39, 0.29) is 0 Å². The third-order valence-electron chi connectivity index (χ3n) is 1.61. The summed E-state index contributed by atoms with van der Waals surface area (Å²) in [5.74, 6) is -1.92. The zero-order valence-corrected chi connectivity index (χ0v) is 8.01. The van der Waals surface area contributed by atoms with Crippen LogP contribution in [0.3, 0.4) is 0 Å². The molecule has 1 aromatic rings. The van der Waals surface area contributed by atoms with Crippen molar-refractivity contribution in [1.82, 2.24) is 0 Å². The van der Waals surface area contributed by atoms with Crippen LogP contribution in [0.25, 0.3) is 0 Å². The monoisotopic (exact) mass is 254 g/mol. The third kappa shape index (κ3) is 3.49. The minimum Gasteiger partial charge on any atom is -0.504 e. The molecule has 6 nitrogen and oxygen atoms in total. The summed E-state index contributed by atoms with van der Waals surface area (Å²) >= 11 is 0. The SMILES string of the molecule is OOB(O)OOc1cccc(C(F)(F)F)c1O. The van der Waals surface area contributed by atoms with Crippen LogP contribution in [0, 0.1) is 0 Å². The van der Waals surface area contributed by atoms with Gasteiger partial charge in [0.1, 0.15) is 5.56 Å². The summed E-state index contributed by atoms with van der Waals surface area (Å²) in [6, 6.07) is 2.53. The number of phenolic OH excluding ortho intramolecular Hbond substituents is 1. The molecule has 0 amide bonds. The van der Waals surface area contributed by atoms with E-state index in [0.717, 1.165) is 12.1 Å². The number of alkyl halides is 3. The Balaban J connectivity index is 2.88. The maximum atomic E-state index is 12.3. The van der Waals surface area contributed by atoms with Gasteiger partial charge in [0.05, 0.1) is 0 Å². The molecule has 10 heteroatoms. The molecule has 0 heterocycles. The van der Waals surface area contributed by atoms with Crippen LogP contribution in [-0.2, 0) is 15.8 Å². The molecule has 3 N–H and O–H groups in total. The highest BCUT2D eigenvalue weighted by Gasteiger charge is 2.35. The number of phenols is 1. The number of hydrogen-bond donors (Lipinski definition) is 3. The largest absolute Gasteiger partial charge is 0.703 e. The second-order valence-electron chi connectivity index (χ2n) is 2.74. The molecule has 0 atom stereocenters. The number of para-hydroxylation sites is 1. The molecule has 0 bridgehead atoms. The zero-order valence-electron chi connectivity index (χ0n) is 8.01. The van der Waals surface area contributed by atoms with Crippen molar-refractivity contribution in [3.05, 3.63) is 23.8 Å². The van der Waals surface area contributed by atoms with E-state index in [1.54, 1.807) is 0 Å². The lowest BCUT2D eigenvalue weighted by atomic mass is 10.2. The molecule has 0 saturated carbocycles. The van der Waals surface area contributed by atoms with Crippen LogP contribution in [0.5, 0.6) is 11.5 Å². The summed E-state index contributed by atoms with van der Waals surface area (Å²) < 4.78 is 37.0. The molecule has 94 valence electrons. The number of hydrogen-bond acceptors (Lipinski definition) is 6. The van der Waals surface area contributed by atoms with Gasteiger partial charge in [-0.3, -0.25) is 5.26 Å². The minimum absolute atomic E-state index is 0.626. The summed E-state index contributed by atoms with van der Waals surface area (Å²) in [5.41, 5.74) is -1.34. The molecule has 0 aromatic heterocycles. The predicted molar refractivity (Wildman–Crippen MR) is 46.5 cm³/mol. The van der Waals surface area contributed by atoms with Crippen LogP contribution in [0.15, 0.2) is 18.2 Å². The van der Waals surface area contributed by atoms with Crippen LogP contribution >= 0.6 is 0 Å². The van der Waals surface area contributed by atoms with Crippen LogP contribution in [0.1, 0.15) is 5.56 Å². The van der Waals surface area contributed by atoms with Crippen LogP contribution in [-0.4, -0.2) is 22.7 Å².